The van der Waals surface area contributed by atoms with Crippen LogP contribution in [0, 0.1) is 0 Å². The lowest BCUT2D eigenvalue weighted by Gasteiger charge is -2.01. The Kier molecular flexibility index (Phi) is 5.38. The molecule has 0 radical (unpaired) electrons. The molecule has 54 valence electrons. The predicted octanol–water partition coefficient (Wildman–Crippen LogP) is 2.25. The van der Waals surface area contributed by atoms with E-state index >= 15 is 0 Å². The number of hydrogen-bond donors (Lipinski definition) is 0. The van der Waals surface area contributed by atoms with Crippen molar-refractivity contribution in [1.82, 2.24) is 4.90 Å². The highest BCUT2D eigenvalue weighted by Crippen LogP contribution is 1.94. The van der Waals surface area contributed by atoms with E-state index in [1.54, 1.807) is 0 Å². The van der Waals surface area contributed by atoms with Gasteiger partial charge in [-0.2, -0.15) is 0 Å². The van der Waals surface area contributed by atoms with Crippen molar-refractivity contribution in [2.45, 2.75) is 26.2 Å². The molecule has 9 heavy (non-hydrogen) atoms. The summed E-state index contributed by atoms with van der Waals surface area (Å²) in [6.07, 6.45) is 8.13. The Bertz CT molecular complexity index is 74.6. The molecule has 1 heteroatoms. The summed E-state index contributed by atoms with van der Waals surface area (Å²) < 4.78 is 0. The Labute approximate surface area is 58.4 Å². The van der Waals surface area contributed by atoms with E-state index in [0.717, 1.165) is 0 Å². The molecular weight excluding hydrogens is 110 g/mol. The minimum absolute atomic E-state index is 1.22. The van der Waals surface area contributed by atoms with Crippen LogP contribution in [0.3, 0.4) is 0 Å². The Balaban J connectivity index is 3.04. The normalized spacial score (nSPS) is 10.6. The fourth-order valence-electron chi connectivity index (χ4n) is 0.607. The average molecular weight is 127 g/mol. The second-order valence-electron chi connectivity index (χ2n) is 2.49. The van der Waals surface area contributed by atoms with Crippen LogP contribution in [0.2, 0.25) is 0 Å². The van der Waals surface area contributed by atoms with E-state index < -0.39 is 0 Å². The second kappa shape index (κ2) is 5.67. The molecule has 0 aromatic heterocycles. The third kappa shape index (κ3) is 7.54. The molecule has 0 unspecified atom stereocenters. The van der Waals surface area contributed by atoms with E-state index in [0.29, 0.717) is 0 Å². The molecule has 0 atom stereocenters. The molecule has 0 heterocycles. The maximum Gasteiger partial charge on any atom is 0.00555 e. The Hall–Kier alpha value is -0.460. The molecule has 0 aliphatic carbocycles. The van der Waals surface area contributed by atoms with Gasteiger partial charge in [-0.25, -0.2) is 0 Å². The summed E-state index contributed by atoms with van der Waals surface area (Å²) >= 11 is 0. The monoisotopic (exact) mass is 127 g/mol. The van der Waals surface area contributed by atoms with Crippen molar-refractivity contribution in [3.8, 4) is 0 Å². The molecule has 0 aliphatic rings. The van der Waals surface area contributed by atoms with Gasteiger partial charge in [-0.15, -0.1) is 0 Å². The smallest absolute Gasteiger partial charge is 0.00555 e. The van der Waals surface area contributed by atoms with E-state index in [-0.39, 0.29) is 0 Å². The molecule has 0 bridgehead atoms. The van der Waals surface area contributed by atoms with Crippen molar-refractivity contribution in [1.29, 1.82) is 0 Å². The highest BCUT2D eigenvalue weighted by Gasteiger charge is 1.77. The van der Waals surface area contributed by atoms with Crippen molar-refractivity contribution in [2.24, 2.45) is 0 Å². The SMILES string of the molecule is CCCC/C=C/N(C)C. The van der Waals surface area contributed by atoms with Crippen LogP contribution in [0.5, 0.6) is 0 Å². The molecule has 0 fully saturated rings. The molecular formula is C8H17N. The van der Waals surface area contributed by atoms with Crippen LogP contribution in [0.15, 0.2) is 12.3 Å². The second-order valence-corrected chi connectivity index (χ2v) is 2.49. The highest BCUT2D eigenvalue weighted by atomic mass is 15.0. The molecule has 0 rings (SSSR count). The van der Waals surface area contributed by atoms with E-state index in [4.69, 9.17) is 0 Å². The Morgan fingerprint density at radius 3 is 2.44 bits per heavy atom. The summed E-state index contributed by atoms with van der Waals surface area (Å²) in [5.41, 5.74) is 0. The molecule has 0 saturated heterocycles. The molecule has 0 spiro atoms. The fraction of sp³-hybridized carbons (Fsp3) is 0.750. The van der Waals surface area contributed by atoms with E-state index in [9.17, 15) is 0 Å². The minimum atomic E-state index is 1.22. The summed E-state index contributed by atoms with van der Waals surface area (Å²) in [6, 6.07) is 0. The molecule has 0 saturated carbocycles. The third-order valence-corrected chi connectivity index (χ3v) is 1.13. The van der Waals surface area contributed by atoms with Gasteiger partial charge in [-0.05, 0) is 12.6 Å². The van der Waals surface area contributed by atoms with Crippen LogP contribution in [-0.4, -0.2) is 19.0 Å². The average Bonchev–Trinajstić information content (AvgIpc) is 1.80. The number of unbranched alkanes of at least 4 members (excludes halogenated alkanes) is 2. The van der Waals surface area contributed by atoms with Gasteiger partial charge in [0.25, 0.3) is 0 Å². The van der Waals surface area contributed by atoms with Gasteiger partial charge >= 0.3 is 0 Å². The molecule has 0 amide bonds. The predicted molar refractivity (Wildman–Crippen MR) is 42.4 cm³/mol. The van der Waals surface area contributed by atoms with E-state index in [1.807, 2.05) is 14.1 Å². The first-order valence-corrected chi connectivity index (χ1v) is 3.60. The van der Waals surface area contributed by atoms with Crippen LogP contribution >= 0.6 is 0 Å². The van der Waals surface area contributed by atoms with Gasteiger partial charge in [0.05, 0.1) is 0 Å². The Morgan fingerprint density at radius 1 is 1.33 bits per heavy atom. The summed E-state index contributed by atoms with van der Waals surface area (Å²) in [5, 5.41) is 0. The summed E-state index contributed by atoms with van der Waals surface area (Å²) in [6.45, 7) is 2.21. The molecule has 0 aromatic rings. The molecule has 1 nitrogen and oxygen atoms in total. The summed E-state index contributed by atoms with van der Waals surface area (Å²) in [4.78, 5) is 2.07. The largest absolute Gasteiger partial charge is 0.384 e. The lowest BCUT2D eigenvalue weighted by Crippen LogP contribution is -1.99. The van der Waals surface area contributed by atoms with Crippen LogP contribution in [0.1, 0.15) is 26.2 Å². The first-order chi connectivity index (χ1) is 4.27. The van der Waals surface area contributed by atoms with Crippen molar-refractivity contribution in [2.75, 3.05) is 14.1 Å². The first kappa shape index (κ1) is 8.54. The lowest BCUT2D eigenvalue weighted by molar-refractivity contribution is 0.560. The van der Waals surface area contributed by atoms with Crippen LogP contribution < -0.4 is 0 Å². The minimum Gasteiger partial charge on any atom is -0.384 e. The Morgan fingerprint density at radius 2 is 2.00 bits per heavy atom. The fourth-order valence-corrected chi connectivity index (χ4v) is 0.607. The first-order valence-electron chi connectivity index (χ1n) is 3.60. The lowest BCUT2D eigenvalue weighted by atomic mass is 10.2. The van der Waals surface area contributed by atoms with Gasteiger partial charge in [0.2, 0.25) is 0 Å². The van der Waals surface area contributed by atoms with Crippen molar-refractivity contribution in [3.05, 3.63) is 12.3 Å². The van der Waals surface area contributed by atoms with Crippen molar-refractivity contribution >= 4 is 0 Å². The standard InChI is InChI=1S/C8H17N/c1-4-5-6-7-8-9(2)3/h7-8H,4-6H2,1-3H3/b8-7+. The third-order valence-electron chi connectivity index (χ3n) is 1.13. The topological polar surface area (TPSA) is 3.24 Å². The van der Waals surface area contributed by atoms with Gasteiger partial charge in [0, 0.05) is 14.1 Å². The van der Waals surface area contributed by atoms with Crippen LogP contribution in [0.4, 0.5) is 0 Å². The van der Waals surface area contributed by atoms with Crippen molar-refractivity contribution in [3.63, 3.8) is 0 Å². The maximum absolute atomic E-state index is 2.21. The van der Waals surface area contributed by atoms with Gasteiger partial charge in [-0.1, -0.05) is 25.8 Å². The van der Waals surface area contributed by atoms with Crippen LogP contribution in [0.25, 0.3) is 0 Å². The van der Waals surface area contributed by atoms with Gasteiger partial charge in [0.1, 0.15) is 0 Å². The molecule has 0 aromatic carbocycles. The van der Waals surface area contributed by atoms with E-state index in [1.165, 1.54) is 19.3 Å². The number of rotatable bonds is 4. The maximum atomic E-state index is 2.21. The van der Waals surface area contributed by atoms with Crippen molar-refractivity contribution < 1.29 is 0 Å². The quantitative estimate of drug-likeness (QED) is 0.523. The number of hydrogen-bond acceptors (Lipinski definition) is 1. The van der Waals surface area contributed by atoms with Gasteiger partial charge < -0.3 is 4.90 Å². The zero-order chi connectivity index (χ0) is 7.11. The number of nitrogens with zero attached hydrogens (tertiary/aromatic N) is 1. The zero-order valence-corrected chi connectivity index (χ0v) is 6.72. The summed E-state index contributed by atoms with van der Waals surface area (Å²) in [5.74, 6) is 0. The summed E-state index contributed by atoms with van der Waals surface area (Å²) in [7, 11) is 4.09. The molecule has 0 N–H and O–H groups in total. The highest BCUT2D eigenvalue weighted by molar-refractivity contribution is 4.78. The van der Waals surface area contributed by atoms with E-state index in [2.05, 4.69) is 24.1 Å². The molecule has 0 aliphatic heterocycles. The van der Waals surface area contributed by atoms with Crippen LogP contribution in [-0.2, 0) is 0 Å². The number of allylic oxidation sites excluding steroid dienone is 1. The zero-order valence-electron chi connectivity index (χ0n) is 6.72. The van der Waals surface area contributed by atoms with Gasteiger partial charge in [-0.3, -0.25) is 0 Å². The van der Waals surface area contributed by atoms with Gasteiger partial charge in [0.15, 0.2) is 0 Å².